The monoisotopic (exact) mass is 253 g/mol. The van der Waals surface area contributed by atoms with Crippen LogP contribution in [0.25, 0.3) is 0 Å². The average molecular weight is 253 g/mol. The third-order valence-corrected chi connectivity index (χ3v) is 3.29. The van der Waals surface area contributed by atoms with Crippen LogP contribution in [0.1, 0.15) is 33.5 Å². The van der Waals surface area contributed by atoms with E-state index < -0.39 is 0 Å². The molecule has 0 saturated carbocycles. The highest BCUT2D eigenvalue weighted by Gasteiger charge is 2.19. The summed E-state index contributed by atoms with van der Waals surface area (Å²) in [6.45, 7) is 11.4. The lowest BCUT2D eigenvalue weighted by Gasteiger charge is -2.32. The largest absolute Gasteiger partial charge is 0.308 e. The predicted octanol–water partition coefficient (Wildman–Crippen LogP) is 1.36. The Hall–Kier alpha value is -0.940. The Labute approximate surface area is 111 Å². The van der Waals surface area contributed by atoms with Crippen molar-refractivity contribution in [1.29, 1.82) is 0 Å². The first-order valence-corrected chi connectivity index (χ1v) is 6.58. The van der Waals surface area contributed by atoms with Crippen LogP contribution in [0.4, 0.5) is 0 Å². The maximum Gasteiger partial charge on any atom is 0.140 e. The Kier molecular flexibility index (Phi) is 5.28. The first-order chi connectivity index (χ1) is 8.33. The quantitative estimate of drug-likeness (QED) is 0.797. The van der Waals surface area contributed by atoms with E-state index in [1.807, 2.05) is 4.68 Å². The molecule has 1 heterocycles. The smallest absolute Gasteiger partial charge is 0.140 e. The van der Waals surface area contributed by atoms with Crippen LogP contribution >= 0.6 is 0 Å². The van der Waals surface area contributed by atoms with Crippen molar-refractivity contribution in [3.63, 3.8) is 0 Å². The molecule has 0 spiro atoms. The van der Waals surface area contributed by atoms with Crippen LogP contribution in [0, 0.1) is 5.92 Å². The first-order valence-electron chi connectivity index (χ1n) is 6.58. The van der Waals surface area contributed by atoms with Crippen molar-refractivity contribution in [3.05, 3.63) is 12.2 Å². The molecule has 0 fully saturated rings. The molecule has 0 aliphatic heterocycles. The molecular formula is C13H27N5. The summed E-state index contributed by atoms with van der Waals surface area (Å²) in [5.41, 5.74) is 0.142. The highest BCUT2D eigenvalue weighted by molar-refractivity contribution is 4.86. The molecule has 1 aromatic heterocycles. The van der Waals surface area contributed by atoms with Crippen molar-refractivity contribution in [2.75, 3.05) is 20.6 Å². The molecule has 1 rings (SSSR count). The lowest BCUT2D eigenvalue weighted by atomic mass is 10.0. The van der Waals surface area contributed by atoms with Gasteiger partial charge in [-0.25, -0.2) is 9.67 Å². The number of hydrogen-bond acceptors (Lipinski definition) is 4. The van der Waals surface area contributed by atoms with Gasteiger partial charge in [0.05, 0.1) is 6.54 Å². The van der Waals surface area contributed by atoms with E-state index in [0.29, 0.717) is 5.92 Å². The second kappa shape index (κ2) is 6.29. The van der Waals surface area contributed by atoms with Gasteiger partial charge in [0.1, 0.15) is 12.2 Å². The van der Waals surface area contributed by atoms with Gasteiger partial charge in [-0.2, -0.15) is 5.10 Å². The molecule has 0 atom stereocenters. The second-order valence-corrected chi connectivity index (χ2v) is 6.06. The standard InChI is InChI=1S/C13H27N5/c1-11(2)8-18-12(15-10-16-18)7-14-9-13(3,4)17(5)6/h10-11,14H,7-9H2,1-6H3. The molecule has 0 unspecified atom stereocenters. The average Bonchev–Trinajstić information content (AvgIpc) is 2.64. The minimum Gasteiger partial charge on any atom is -0.308 e. The fourth-order valence-corrected chi connectivity index (χ4v) is 1.56. The van der Waals surface area contributed by atoms with Gasteiger partial charge >= 0.3 is 0 Å². The van der Waals surface area contributed by atoms with Crippen molar-refractivity contribution >= 4 is 0 Å². The molecular weight excluding hydrogens is 226 g/mol. The summed E-state index contributed by atoms with van der Waals surface area (Å²) in [6, 6.07) is 0. The zero-order valence-electron chi connectivity index (χ0n) is 12.6. The maximum absolute atomic E-state index is 4.31. The molecule has 18 heavy (non-hydrogen) atoms. The van der Waals surface area contributed by atoms with E-state index in [1.165, 1.54) is 0 Å². The topological polar surface area (TPSA) is 46.0 Å². The number of likely N-dealkylation sites (N-methyl/N-ethyl adjacent to an activating group) is 1. The SMILES string of the molecule is CC(C)Cn1ncnc1CNCC(C)(C)N(C)C. The van der Waals surface area contributed by atoms with Gasteiger partial charge in [0.25, 0.3) is 0 Å². The summed E-state index contributed by atoms with van der Waals surface area (Å²) in [5, 5.41) is 7.72. The van der Waals surface area contributed by atoms with Crippen LogP contribution in [-0.2, 0) is 13.1 Å². The highest BCUT2D eigenvalue weighted by Crippen LogP contribution is 2.08. The van der Waals surface area contributed by atoms with Crippen LogP contribution in [0.15, 0.2) is 6.33 Å². The summed E-state index contributed by atoms with van der Waals surface area (Å²) in [5.74, 6) is 1.60. The summed E-state index contributed by atoms with van der Waals surface area (Å²) in [4.78, 5) is 6.53. The van der Waals surface area contributed by atoms with E-state index >= 15 is 0 Å². The van der Waals surface area contributed by atoms with Crippen LogP contribution in [-0.4, -0.2) is 45.8 Å². The zero-order valence-corrected chi connectivity index (χ0v) is 12.6. The minimum atomic E-state index is 0.142. The third kappa shape index (κ3) is 4.38. The van der Waals surface area contributed by atoms with Crippen molar-refractivity contribution in [2.24, 2.45) is 5.92 Å². The van der Waals surface area contributed by atoms with Crippen molar-refractivity contribution in [3.8, 4) is 0 Å². The fourth-order valence-electron chi connectivity index (χ4n) is 1.56. The molecule has 5 nitrogen and oxygen atoms in total. The molecule has 0 amide bonds. The number of rotatable bonds is 7. The number of nitrogens with one attached hydrogen (secondary N) is 1. The third-order valence-electron chi connectivity index (χ3n) is 3.29. The second-order valence-electron chi connectivity index (χ2n) is 6.06. The van der Waals surface area contributed by atoms with Crippen molar-refractivity contribution in [1.82, 2.24) is 25.0 Å². The van der Waals surface area contributed by atoms with E-state index in [-0.39, 0.29) is 5.54 Å². The van der Waals surface area contributed by atoms with Crippen molar-refractivity contribution < 1.29 is 0 Å². The van der Waals surface area contributed by atoms with Gasteiger partial charge in [-0.05, 0) is 33.9 Å². The molecule has 0 aromatic carbocycles. The van der Waals surface area contributed by atoms with Gasteiger partial charge < -0.3 is 10.2 Å². The van der Waals surface area contributed by atoms with Gasteiger partial charge in [0.15, 0.2) is 0 Å². The van der Waals surface area contributed by atoms with Gasteiger partial charge in [-0.1, -0.05) is 13.8 Å². The van der Waals surface area contributed by atoms with Gasteiger partial charge in [-0.3, -0.25) is 0 Å². The normalized spacial score (nSPS) is 12.7. The summed E-state index contributed by atoms with van der Waals surface area (Å²) >= 11 is 0. The Bertz CT molecular complexity index is 354. The van der Waals surface area contributed by atoms with E-state index in [1.54, 1.807) is 6.33 Å². The van der Waals surface area contributed by atoms with Crippen LogP contribution in [0.2, 0.25) is 0 Å². The number of aromatic nitrogens is 3. The lowest BCUT2D eigenvalue weighted by Crippen LogP contribution is -2.46. The Balaban J connectivity index is 2.47. The predicted molar refractivity (Wildman–Crippen MR) is 74.3 cm³/mol. The van der Waals surface area contributed by atoms with E-state index in [9.17, 15) is 0 Å². The van der Waals surface area contributed by atoms with Gasteiger partial charge in [0.2, 0.25) is 0 Å². The molecule has 1 aromatic rings. The summed E-state index contributed by atoms with van der Waals surface area (Å²) in [7, 11) is 4.20. The Morgan fingerprint density at radius 2 is 2.06 bits per heavy atom. The number of nitrogens with zero attached hydrogens (tertiary/aromatic N) is 4. The Morgan fingerprint density at radius 1 is 1.39 bits per heavy atom. The zero-order chi connectivity index (χ0) is 13.8. The maximum atomic E-state index is 4.31. The van der Waals surface area contributed by atoms with Crippen LogP contribution in [0.3, 0.4) is 0 Å². The molecule has 0 saturated heterocycles. The molecule has 104 valence electrons. The molecule has 0 radical (unpaired) electrons. The van der Waals surface area contributed by atoms with E-state index in [2.05, 4.69) is 62.1 Å². The Morgan fingerprint density at radius 3 is 2.61 bits per heavy atom. The molecule has 5 heteroatoms. The molecule has 0 bridgehead atoms. The first kappa shape index (κ1) is 15.1. The van der Waals surface area contributed by atoms with Crippen molar-refractivity contribution in [2.45, 2.75) is 46.3 Å². The summed E-state index contributed by atoms with van der Waals surface area (Å²) < 4.78 is 1.99. The van der Waals surface area contributed by atoms with Gasteiger partial charge in [-0.15, -0.1) is 0 Å². The molecule has 1 N–H and O–H groups in total. The molecule has 0 aliphatic carbocycles. The minimum absolute atomic E-state index is 0.142. The van der Waals surface area contributed by atoms with E-state index in [0.717, 1.165) is 25.5 Å². The number of hydrogen-bond donors (Lipinski definition) is 1. The van der Waals surface area contributed by atoms with Crippen LogP contribution < -0.4 is 5.32 Å². The van der Waals surface area contributed by atoms with Crippen LogP contribution in [0.5, 0.6) is 0 Å². The van der Waals surface area contributed by atoms with E-state index in [4.69, 9.17) is 0 Å². The molecule has 0 aliphatic rings. The summed E-state index contributed by atoms with van der Waals surface area (Å²) in [6.07, 6.45) is 1.64. The van der Waals surface area contributed by atoms with Gasteiger partial charge in [0, 0.05) is 18.6 Å². The lowest BCUT2D eigenvalue weighted by molar-refractivity contribution is 0.189. The highest BCUT2D eigenvalue weighted by atomic mass is 15.3. The fraction of sp³-hybridized carbons (Fsp3) is 0.846.